The minimum absolute atomic E-state index is 0.0262. The van der Waals surface area contributed by atoms with Crippen molar-refractivity contribution in [2.75, 3.05) is 11.9 Å². The summed E-state index contributed by atoms with van der Waals surface area (Å²) in [5, 5.41) is 15.9. The molecule has 0 saturated carbocycles. The Balaban J connectivity index is 1.87. The molecular formula is C20H21N3O5. The van der Waals surface area contributed by atoms with Crippen molar-refractivity contribution in [3.05, 3.63) is 59.7 Å². The Kier molecular flexibility index (Phi) is 7.27. The van der Waals surface area contributed by atoms with E-state index in [9.17, 15) is 19.5 Å². The van der Waals surface area contributed by atoms with E-state index in [1.165, 1.54) is 18.2 Å². The molecule has 28 heavy (non-hydrogen) atoms. The number of nitrogens with zero attached hydrogens (tertiary/aromatic N) is 1. The third-order valence-corrected chi connectivity index (χ3v) is 3.55. The molecule has 0 aliphatic rings. The predicted octanol–water partition coefficient (Wildman–Crippen LogP) is 2.70. The van der Waals surface area contributed by atoms with E-state index in [0.717, 1.165) is 0 Å². The van der Waals surface area contributed by atoms with Gasteiger partial charge in [0, 0.05) is 17.0 Å². The predicted molar refractivity (Wildman–Crippen MR) is 104 cm³/mol. The van der Waals surface area contributed by atoms with E-state index >= 15 is 0 Å². The number of carbonyl (C=O) groups is 3. The molecule has 0 fully saturated rings. The second kappa shape index (κ2) is 9.86. The quantitative estimate of drug-likeness (QED) is 0.386. The highest BCUT2D eigenvalue weighted by molar-refractivity contribution is 6.06. The Hall–Kier alpha value is -3.68. The lowest BCUT2D eigenvalue weighted by Gasteiger charge is -2.07. The molecule has 0 radical (unpaired) electrons. The van der Waals surface area contributed by atoms with Crippen LogP contribution in [-0.4, -0.2) is 35.2 Å². The second-order valence-corrected chi connectivity index (χ2v) is 5.86. The summed E-state index contributed by atoms with van der Waals surface area (Å²) in [6.45, 7) is 3.62. The monoisotopic (exact) mass is 383 g/mol. The first-order valence-corrected chi connectivity index (χ1v) is 8.58. The SMILES string of the molecule is CCOC(=O)c1ccc(NC(=O)C/C(C)=N/NC(=O)c2cccc(O)c2)cc1. The van der Waals surface area contributed by atoms with Gasteiger partial charge in [-0.15, -0.1) is 0 Å². The number of rotatable bonds is 7. The zero-order valence-electron chi connectivity index (χ0n) is 15.6. The molecule has 2 rings (SSSR count). The molecule has 0 spiro atoms. The summed E-state index contributed by atoms with van der Waals surface area (Å²) in [5.41, 5.74) is 3.90. The van der Waals surface area contributed by atoms with Gasteiger partial charge in [-0.05, 0) is 56.3 Å². The molecule has 0 unspecified atom stereocenters. The summed E-state index contributed by atoms with van der Waals surface area (Å²) in [6.07, 6.45) is -0.0278. The summed E-state index contributed by atoms with van der Waals surface area (Å²) in [7, 11) is 0. The largest absolute Gasteiger partial charge is 0.508 e. The van der Waals surface area contributed by atoms with Crippen molar-refractivity contribution in [2.24, 2.45) is 5.10 Å². The number of phenolic OH excluding ortho intramolecular Hbond substituents is 1. The Morgan fingerprint density at radius 1 is 1.07 bits per heavy atom. The first-order chi connectivity index (χ1) is 13.4. The molecule has 0 aliphatic carbocycles. The Morgan fingerprint density at radius 2 is 1.79 bits per heavy atom. The maximum Gasteiger partial charge on any atom is 0.338 e. The van der Waals surface area contributed by atoms with Crippen LogP contribution in [0.25, 0.3) is 0 Å². The lowest BCUT2D eigenvalue weighted by Crippen LogP contribution is -2.21. The van der Waals surface area contributed by atoms with Crippen LogP contribution in [0.4, 0.5) is 5.69 Å². The Morgan fingerprint density at radius 3 is 2.43 bits per heavy atom. The van der Waals surface area contributed by atoms with Crippen molar-refractivity contribution >= 4 is 29.2 Å². The van der Waals surface area contributed by atoms with Crippen LogP contribution in [0.15, 0.2) is 53.6 Å². The van der Waals surface area contributed by atoms with Gasteiger partial charge < -0.3 is 15.2 Å². The van der Waals surface area contributed by atoms with Crippen LogP contribution in [0.3, 0.4) is 0 Å². The van der Waals surface area contributed by atoms with Gasteiger partial charge in [-0.3, -0.25) is 9.59 Å². The van der Waals surface area contributed by atoms with Crippen molar-refractivity contribution in [1.29, 1.82) is 0 Å². The minimum Gasteiger partial charge on any atom is -0.508 e. The highest BCUT2D eigenvalue weighted by Gasteiger charge is 2.09. The van der Waals surface area contributed by atoms with Crippen molar-refractivity contribution in [3.8, 4) is 5.75 Å². The molecule has 146 valence electrons. The Bertz CT molecular complexity index is 891. The number of esters is 1. The van der Waals surface area contributed by atoms with Crippen molar-refractivity contribution in [2.45, 2.75) is 20.3 Å². The molecule has 2 aromatic carbocycles. The van der Waals surface area contributed by atoms with E-state index in [-0.39, 0.29) is 30.2 Å². The fourth-order valence-electron chi connectivity index (χ4n) is 2.24. The number of carbonyl (C=O) groups excluding carboxylic acids is 3. The van der Waals surface area contributed by atoms with Crippen LogP contribution in [0.1, 0.15) is 41.0 Å². The maximum atomic E-state index is 12.1. The number of nitrogens with one attached hydrogen (secondary N) is 2. The normalized spacial score (nSPS) is 10.9. The third-order valence-electron chi connectivity index (χ3n) is 3.55. The average molecular weight is 383 g/mol. The summed E-state index contributed by atoms with van der Waals surface area (Å²) in [4.78, 5) is 35.6. The number of aromatic hydroxyl groups is 1. The van der Waals surface area contributed by atoms with Gasteiger partial charge in [0.15, 0.2) is 0 Å². The lowest BCUT2D eigenvalue weighted by molar-refractivity contribution is -0.115. The molecule has 0 aromatic heterocycles. The van der Waals surface area contributed by atoms with Crippen LogP contribution < -0.4 is 10.7 Å². The zero-order valence-corrected chi connectivity index (χ0v) is 15.6. The fourth-order valence-corrected chi connectivity index (χ4v) is 2.24. The van der Waals surface area contributed by atoms with Gasteiger partial charge in [0.1, 0.15) is 5.75 Å². The molecule has 0 bridgehead atoms. The lowest BCUT2D eigenvalue weighted by atomic mass is 10.2. The first kappa shape index (κ1) is 20.6. The zero-order chi connectivity index (χ0) is 20.5. The minimum atomic E-state index is -0.495. The van der Waals surface area contributed by atoms with Crippen LogP contribution in [0, 0.1) is 0 Å². The molecule has 2 amide bonds. The van der Waals surface area contributed by atoms with Gasteiger partial charge in [-0.25, -0.2) is 10.2 Å². The number of hydrazone groups is 1. The highest BCUT2D eigenvalue weighted by atomic mass is 16.5. The molecule has 3 N–H and O–H groups in total. The van der Waals surface area contributed by atoms with Gasteiger partial charge in [-0.2, -0.15) is 5.10 Å². The molecule has 8 heteroatoms. The smallest absolute Gasteiger partial charge is 0.338 e. The van der Waals surface area contributed by atoms with Gasteiger partial charge >= 0.3 is 5.97 Å². The van der Waals surface area contributed by atoms with E-state index in [0.29, 0.717) is 17.0 Å². The van der Waals surface area contributed by atoms with E-state index in [1.54, 1.807) is 44.2 Å². The number of hydrogen-bond donors (Lipinski definition) is 3. The summed E-state index contributed by atoms with van der Waals surface area (Å²) in [6, 6.07) is 12.2. The van der Waals surface area contributed by atoms with Crippen LogP contribution in [-0.2, 0) is 9.53 Å². The summed E-state index contributed by atoms with van der Waals surface area (Å²) < 4.78 is 4.90. The summed E-state index contributed by atoms with van der Waals surface area (Å²) >= 11 is 0. The molecule has 0 heterocycles. The number of hydrogen-bond acceptors (Lipinski definition) is 6. The highest BCUT2D eigenvalue weighted by Crippen LogP contribution is 2.12. The van der Waals surface area contributed by atoms with Crippen LogP contribution in [0.2, 0.25) is 0 Å². The van der Waals surface area contributed by atoms with Crippen molar-refractivity contribution < 1.29 is 24.2 Å². The topological polar surface area (TPSA) is 117 Å². The number of ether oxygens (including phenoxy) is 1. The fraction of sp³-hybridized carbons (Fsp3) is 0.200. The van der Waals surface area contributed by atoms with E-state index in [2.05, 4.69) is 15.8 Å². The standard InChI is InChI=1S/C20H21N3O5/c1-3-28-20(27)14-7-9-16(10-8-14)21-18(25)11-13(2)22-23-19(26)15-5-4-6-17(24)12-15/h4-10,12,24H,3,11H2,1-2H3,(H,21,25)(H,23,26)/b22-13+. The second-order valence-electron chi connectivity index (χ2n) is 5.86. The van der Waals surface area contributed by atoms with Crippen LogP contribution >= 0.6 is 0 Å². The molecular weight excluding hydrogens is 362 g/mol. The number of phenols is 1. The number of benzene rings is 2. The van der Waals surface area contributed by atoms with E-state index < -0.39 is 11.9 Å². The first-order valence-electron chi connectivity index (χ1n) is 8.58. The average Bonchev–Trinajstić information content (AvgIpc) is 2.66. The summed E-state index contributed by atoms with van der Waals surface area (Å²) in [5.74, 6) is -1.27. The van der Waals surface area contributed by atoms with Gasteiger partial charge in [0.2, 0.25) is 5.91 Å². The maximum absolute atomic E-state index is 12.1. The number of anilines is 1. The molecule has 2 aromatic rings. The van der Waals surface area contributed by atoms with E-state index in [1.807, 2.05) is 0 Å². The molecule has 0 atom stereocenters. The number of amides is 2. The van der Waals surface area contributed by atoms with Gasteiger partial charge in [0.25, 0.3) is 5.91 Å². The van der Waals surface area contributed by atoms with E-state index in [4.69, 9.17) is 4.74 Å². The van der Waals surface area contributed by atoms with Crippen molar-refractivity contribution in [1.82, 2.24) is 5.43 Å². The third kappa shape index (κ3) is 6.24. The van der Waals surface area contributed by atoms with Gasteiger partial charge in [0.05, 0.1) is 18.6 Å². The molecule has 0 aliphatic heterocycles. The Labute approximate surface area is 162 Å². The molecule has 0 saturated heterocycles. The molecule has 8 nitrogen and oxygen atoms in total. The van der Waals surface area contributed by atoms with Crippen molar-refractivity contribution in [3.63, 3.8) is 0 Å². The van der Waals surface area contributed by atoms with Gasteiger partial charge in [-0.1, -0.05) is 6.07 Å². The van der Waals surface area contributed by atoms with Crippen LogP contribution in [0.5, 0.6) is 5.75 Å².